The van der Waals surface area contributed by atoms with Crippen LogP contribution in [0.4, 0.5) is 23.7 Å². The number of amides is 1. The second-order valence-electron chi connectivity index (χ2n) is 5.00. The number of nitrogens with one attached hydrogen (secondary N) is 1. The summed E-state index contributed by atoms with van der Waals surface area (Å²) in [6.45, 7) is 4.89. The SMILES string of the molecule is CC(C)(C)OC(=O)Nc1ccc(C#N)c(C(F)(F)F)c1. The molecule has 0 aliphatic rings. The van der Waals surface area contributed by atoms with E-state index < -0.39 is 29.0 Å². The summed E-state index contributed by atoms with van der Waals surface area (Å²) in [5, 5.41) is 10.8. The average molecular weight is 286 g/mol. The Morgan fingerprint density at radius 3 is 2.35 bits per heavy atom. The predicted octanol–water partition coefficient (Wildman–Crippen LogP) is 3.92. The van der Waals surface area contributed by atoms with E-state index in [0.29, 0.717) is 6.07 Å². The number of hydrogen-bond acceptors (Lipinski definition) is 3. The van der Waals surface area contributed by atoms with Crippen molar-refractivity contribution >= 4 is 11.8 Å². The molecule has 1 aromatic carbocycles. The van der Waals surface area contributed by atoms with E-state index in [1.165, 1.54) is 12.1 Å². The minimum Gasteiger partial charge on any atom is -0.444 e. The van der Waals surface area contributed by atoms with E-state index in [1.807, 2.05) is 0 Å². The van der Waals surface area contributed by atoms with Gasteiger partial charge in [-0.3, -0.25) is 5.32 Å². The standard InChI is InChI=1S/C13H13F3N2O2/c1-12(2,3)20-11(19)18-9-5-4-8(7-17)10(6-9)13(14,15)16/h4-6H,1-3H3,(H,18,19). The topological polar surface area (TPSA) is 62.1 Å². The zero-order valence-electron chi connectivity index (χ0n) is 11.1. The zero-order valence-corrected chi connectivity index (χ0v) is 11.1. The fourth-order valence-electron chi connectivity index (χ4n) is 1.38. The van der Waals surface area contributed by atoms with Gasteiger partial charge in [-0.15, -0.1) is 0 Å². The first kappa shape index (κ1) is 15.8. The Labute approximate surface area is 114 Å². The summed E-state index contributed by atoms with van der Waals surface area (Å²) in [7, 11) is 0. The van der Waals surface area contributed by atoms with Gasteiger partial charge < -0.3 is 4.74 Å². The van der Waals surface area contributed by atoms with Crippen LogP contribution in [0.3, 0.4) is 0 Å². The summed E-state index contributed by atoms with van der Waals surface area (Å²) < 4.78 is 43.1. The molecule has 0 fully saturated rings. The van der Waals surface area contributed by atoms with E-state index in [4.69, 9.17) is 10.00 Å². The van der Waals surface area contributed by atoms with Crippen molar-refractivity contribution in [2.45, 2.75) is 32.5 Å². The number of carbonyl (C=O) groups excluding carboxylic acids is 1. The highest BCUT2D eigenvalue weighted by atomic mass is 19.4. The summed E-state index contributed by atoms with van der Waals surface area (Å²) in [4.78, 5) is 11.5. The van der Waals surface area contributed by atoms with Gasteiger partial charge in [0.25, 0.3) is 0 Å². The number of carbonyl (C=O) groups is 1. The minimum absolute atomic E-state index is 0.0921. The van der Waals surface area contributed by atoms with Crippen LogP contribution in [0.2, 0.25) is 0 Å². The first-order valence-corrected chi connectivity index (χ1v) is 5.64. The van der Waals surface area contributed by atoms with Crippen LogP contribution in [-0.2, 0) is 10.9 Å². The van der Waals surface area contributed by atoms with Gasteiger partial charge in [-0.1, -0.05) is 0 Å². The quantitative estimate of drug-likeness (QED) is 0.851. The Hall–Kier alpha value is -2.23. The Morgan fingerprint density at radius 2 is 1.90 bits per heavy atom. The van der Waals surface area contributed by atoms with Crippen molar-refractivity contribution in [3.8, 4) is 6.07 Å². The zero-order chi connectivity index (χ0) is 15.6. The average Bonchev–Trinajstić information content (AvgIpc) is 2.25. The second-order valence-corrected chi connectivity index (χ2v) is 5.00. The maximum atomic E-state index is 12.7. The lowest BCUT2D eigenvalue weighted by molar-refractivity contribution is -0.137. The Kier molecular flexibility index (Phi) is 4.28. The molecule has 20 heavy (non-hydrogen) atoms. The molecule has 1 aromatic rings. The summed E-state index contributed by atoms with van der Waals surface area (Å²) in [5.74, 6) is 0. The summed E-state index contributed by atoms with van der Waals surface area (Å²) >= 11 is 0. The number of alkyl halides is 3. The molecule has 0 aromatic heterocycles. The molecule has 4 nitrogen and oxygen atoms in total. The van der Waals surface area contributed by atoms with E-state index >= 15 is 0 Å². The molecule has 0 saturated carbocycles. The smallest absolute Gasteiger partial charge is 0.417 e. The van der Waals surface area contributed by atoms with Crippen molar-refractivity contribution in [3.05, 3.63) is 29.3 Å². The first-order chi connectivity index (χ1) is 9.03. The van der Waals surface area contributed by atoms with Gasteiger partial charge in [0.15, 0.2) is 0 Å². The number of halogens is 3. The van der Waals surface area contributed by atoms with Crippen LogP contribution in [0, 0.1) is 11.3 Å². The molecule has 0 spiro atoms. The van der Waals surface area contributed by atoms with Crippen LogP contribution >= 0.6 is 0 Å². The number of rotatable bonds is 1. The Balaban J connectivity index is 3.00. The molecule has 0 bridgehead atoms. The van der Waals surface area contributed by atoms with E-state index in [1.54, 1.807) is 20.8 Å². The third-order valence-electron chi connectivity index (χ3n) is 2.09. The van der Waals surface area contributed by atoms with Gasteiger partial charge in [-0.2, -0.15) is 18.4 Å². The van der Waals surface area contributed by atoms with Crippen molar-refractivity contribution in [2.24, 2.45) is 0 Å². The van der Waals surface area contributed by atoms with Gasteiger partial charge in [-0.25, -0.2) is 4.79 Å². The number of ether oxygens (including phenoxy) is 1. The number of nitrogens with zero attached hydrogens (tertiary/aromatic N) is 1. The molecule has 0 atom stereocenters. The molecular formula is C13H13F3N2O2. The number of hydrogen-bond donors (Lipinski definition) is 1. The molecule has 0 radical (unpaired) electrons. The van der Waals surface area contributed by atoms with Crippen molar-refractivity contribution in [1.29, 1.82) is 5.26 Å². The van der Waals surface area contributed by atoms with Gasteiger partial charge in [0.05, 0.1) is 17.2 Å². The number of benzene rings is 1. The van der Waals surface area contributed by atoms with Gasteiger partial charge >= 0.3 is 12.3 Å². The molecule has 1 N–H and O–H groups in total. The third-order valence-corrected chi connectivity index (χ3v) is 2.09. The maximum Gasteiger partial charge on any atom is 0.417 e. The third kappa shape index (κ3) is 4.46. The summed E-state index contributed by atoms with van der Waals surface area (Å²) in [6.07, 6.45) is -5.54. The number of anilines is 1. The fourth-order valence-corrected chi connectivity index (χ4v) is 1.38. The first-order valence-electron chi connectivity index (χ1n) is 5.64. The van der Waals surface area contributed by atoms with E-state index in [-0.39, 0.29) is 5.69 Å². The monoisotopic (exact) mass is 286 g/mol. The molecule has 0 aliphatic carbocycles. The maximum absolute atomic E-state index is 12.7. The van der Waals surface area contributed by atoms with E-state index in [0.717, 1.165) is 6.07 Å². The molecule has 0 heterocycles. The molecule has 7 heteroatoms. The van der Waals surface area contributed by atoms with Crippen molar-refractivity contribution < 1.29 is 22.7 Å². The Morgan fingerprint density at radius 1 is 1.30 bits per heavy atom. The highest BCUT2D eigenvalue weighted by Crippen LogP contribution is 2.33. The van der Waals surface area contributed by atoms with Crippen LogP contribution in [0.25, 0.3) is 0 Å². The van der Waals surface area contributed by atoms with E-state index in [2.05, 4.69) is 5.32 Å². The molecule has 0 unspecified atom stereocenters. The van der Waals surface area contributed by atoms with Crippen molar-refractivity contribution in [2.75, 3.05) is 5.32 Å². The van der Waals surface area contributed by atoms with Crippen LogP contribution < -0.4 is 5.32 Å². The number of nitriles is 1. The molecule has 108 valence electrons. The molecule has 0 saturated heterocycles. The molecule has 0 aliphatic heterocycles. The van der Waals surface area contributed by atoms with Crippen LogP contribution in [0.5, 0.6) is 0 Å². The van der Waals surface area contributed by atoms with Crippen molar-refractivity contribution in [3.63, 3.8) is 0 Å². The van der Waals surface area contributed by atoms with Crippen LogP contribution in [0.15, 0.2) is 18.2 Å². The fraction of sp³-hybridized carbons (Fsp3) is 0.385. The normalized spacial score (nSPS) is 11.7. The Bertz CT molecular complexity index is 554. The van der Waals surface area contributed by atoms with Crippen LogP contribution in [0.1, 0.15) is 31.9 Å². The minimum atomic E-state index is -4.67. The van der Waals surface area contributed by atoms with E-state index in [9.17, 15) is 18.0 Å². The molecule has 1 amide bonds. The van der Waals surface area contributed by atoms with Gasteiger partial charge in [0, 0.05) is 5.69 Å². The lowest BCUT2D eigenvalue weighted by Crippen LogP contribution is -2.27. The summed E-state index contributed by atoms with van der Waals surface area (Å²) in [5.41, 5.74) is -2.46. The highest BCUT2D eigenvalue weighted by molar-refractivity contribution is 5.85. The molecule has 1 rings (SSSR count). The second kappa shape index (κ2) is 5.41. The van der Waals surface area contributed by atoms with Gasteiger partial charge in [0.2, 0.25) is 0 Å². The largest absolute Gasteiger partial charge is 0.444 e. The van der Waals surface area contributed by atoms with Crippen molar-refractivity contribution in [1.82, 2.24) is 0 Å². The predicted molar refractivity (Wildman–Crippen MR) is 66.0 cm³/mol. The van der Waals surface area contributed by atoms with Crippen LogP contribution in [-0.4, -0.2) is 11.7 Å². The highest BCUT2D eigenvalue weighted by Gasteiger charge is 2.34. The van der Waals surface area contributed by atoms with Gasteiger partial charge in [-0.05, 0) is 39.0 Å². The summed E-state index contributed by atoms with van der Waals surface area (Å²) in [6, 6.07) is 4.36. The van der Waals surface area contributed by atoms with Gasteiger partial charge in [0.1, 0.15) is 5.60 Å². The lowest BCUT2D eigenvalue weighted by atomic mass is 10.1. The lowest BCUT2D eigenvalue weighted by Gasteiger charge is -2.20. The molecular weight excluding hydrogens is 273 g/mol.